The van der Waals surface area contributed by atoms with Gasteiger partial charge in [-0.3, -0.25) is 0 Å². The van der Waals surface area contributed by atoms with Gasteiger partial charge in [-0.1, -0.05) is 13.8 Å². The topological polar surface area (TPSA) is 64.4 Å². The molecule has 0 spiro atoms. The van der Waals surface area contributed by atoms with Crippen LogP contribution in [0.5, 0.6) is 0 Å². The lowest BCUT2D eigenvalue weighted by atomic mass is 10.1. The van der Waals surface area contributed by atoms with E-state index in [9.17, 15) is 0 Å². The third kappa shape index (κ3) is 2.58. The molecule has 0 aromatic carbocycles. The van der Waals surface area contributed by atoms with Gasteiger partial charge in [-0.25, -0.2) is 0 Å². The minimum atomic E-state index is -0.000000000000000222. The summed E-state index contributed by atoms with van der Waals surface area (Å²) in [4.78, 5) is 0. The molecule has 0 aliphatic rings. The number of hydrogen-bond donors (Lipinski definition) is 2. The highest BCUT2D eigenvalue weighted by molar-refractivity contribution is 5.63. The van der Waals surface area contributed by atoms with Crippen molar-refractivity contribution in [3.8, 4) is 0 Å². The summed E-state index contributed by atoms with van der Waals surface area (Å²) in [7, 11) is 0. The van der Waals surface area contributed by atoms with Crippen LogP contribution in [0.2, 0.25) is 0 Å². The Labute approximate surface area is 49.7 Å². The maximum atomic E-state index is 5.50. The summed E-state index contributed by atoms with van der Waals surface area (Å²) in [6, 6.07) is -0.000000000000000222. The van der Waals surface area contributed by atoms with Crippen LogP contribution in [0.4, 0.5) is 0 Å². The maximum Gasteiger partial charge on any atom is 0.0440 e. The van der Waals surface area contributed by atoms with Crippen molar-refractivity contribution < 1.29 is 0 Å². The Balaban J connectivity index is 3.47. The maximum absolute atomic E-state index is 5.50. The number of hydrogen-bond acceptors (Lipinski definition) is 3. The van der Waals surface area contributed by atoms with Gasteiger partial charge < -0.3 is 11.6 Å². The predicted molar refractivity (Wildman–Crippen MR) is 35.5 cm³/mol. The third-order valence-electron chi connectivity index (χ3n) is 1.03. The van der Waals surface area contributed by atoms with Gasteiger partial charge in [-0.2, -0.15) is 5.10 Å². The van der Waals surface area contributed by atoms with Crippen LogP contribution < -0.4 is 11.6 Å². The van der Waals surface area contributed by atoms with Gasteiger partial charge in [0.1, 0.15) is 0 Å². The van der Waals surface area contributed by atoms with Crippen LogP contribution in [0.25, 0.3) is 0 Å². The average Bonchev–Trinajstić information content (AvgIpc) is 1.67. The quantitative estimate of drug-likeness (QED) is 0.300. The van der Waals surface area contributed by atoms with Crippen molar-refractivity contribution in [1.82, 2.24) is 0 Å². The molecule has 0 radical (unpaired) electrons. The van der Waals surface area contributed by atoms with E-state index in [-0.39, 0.29) is 6.04 Å². The van der Waals surface area contributed by atoms with Gasteiger partial charge in [0.2, 0.25) is 0 Å². The second-order valence-electron chi connectivity index (χ2n) is 2.12. The second-order valence-corrected chi connectivity index (χ2v) is 2.12. The van der Waals surface area contributed by atoms with E-state index in [0.29, 0.717) is 5.92 Å². The third-order valence-corrected chi connectivity index (χ3v) is 1.03. The van der Waals surface area contributed by atoms with E-state index < -0.39 is 0 Å². The Kier molecular flexibility index (Phi) is 3.19. The zero-order valence-corrected chi connectivity index (χ0v) is 5.33. The molecule has 0 saturated heterocycles. The fourth-order valence-electron chi connectivity index (χ4n) is 0.272. The normalized spacial score (nSPS) is 15.5. The second kappa shape index (κ2) is 3.43. The minimum absolute atomic E-state index is 0.000000000000000222. The molecule has 1 unspecified atom stereocenters. The van der Waals surface area contributed by atoms with Crippen molar-refractivity contribution in [2.75, 3.05) is 0 Å². The number of nitrogens with zero attached hydrogens (tertiary/aromatic N) is 1. The molecular formula is C5H13N3. The first-order valence-electron chi connectivity index (χ1n) is 2.67. The summed E-state index contributed by atoms with van der Waals surface area (Å²) in [5.74, 6) is 5.28. The molecule has 8 heavy (non-hydrogen) atoms. The molecule has 0 rings (SSSR count). The first-order valence-corrected chi connectivity index (χ1v) is 2.67. The lowest BCUT2D eigenvalue weighted by Gasteiger charge is -2.07. The van der Waals surface area contributed by atoms with E-state index in [2.05, 4.69) is 5.10 Å². The van der Waals surface area contributed by atoms with Crippen molar-refractivity contribution in [2.24, 2.45) is 22.6 Å². The summed E-state index contributed by atoms with van der Waals surface area (Å²) >= 11 is 0. The van der Waals surface area contributed by atoms with Crippen molar-refractivity contribution in [3.63, 3.8) is 0 Å². The van der Waals surface area contributed by atoms with Crippen molar-refractivity contribution in [3.05, 3.63) is 0 Å². The van der Waals surface area contributed by atoms with Crippen molar-refractivity contribution in [2.45, 2.75) is 19.9 Å². The van der Waals surface area contributed by atoms with Gasteiger partial charge in [-0.05, 0) is 5.92 Å². The van der Waals surface area contributed by atoms with E-state index in [1.807, 2.05) is 13.8 Å². The highest BCUT2D eigenvalue weighted by Gasteiger charge is 2.01. The Morgan fingerprint density at radius 1 is 1.50 bits per heavy atom. The molecule has 0 aliphatic heterocycles. The Morgan fingerprint density at radius 2 is 2.00 bits per heavy atom. The Hall–Kier alpha value is -0.570. The lowest BCUT2D eigenvalue weighted by molar-refractivity contribution is 0.601. The molecule has 0 bridgehead atoms. The molecule has 0 fully saturated rings. The molecule has 1 atom stereocenters. The highest BCUT2D eigenvalue weighted by atomic mass is 15.1. The molecule has 48 valence electrons. The first kappa shape index (κ1) is 7.43. The fraction of sp³-hybridized carbons (Fsp3) is 0.800. The van der Waals surface area contributed by atoms with Crippen molar-refractivity contribution >= 4 is 6.21 Å². The zero-order valence-electron chi connectivity index (χ0n) is 5.33. The van der Waals surface area contributed by atoms with Crippen LogP contribution in [0.1, 0.15) is 13.8 Å². The van der Waals surface area contributed by atoms with Crippen LogP contribution in [-0.2, 0) is 0 Å². The minimum Gasteiger partial charge on any atom is -0.324 e. The SMILES string of the molecule is CC(C)C(N)/C=N\N. The summed E-state index contributed by atoms with van der Waals surface area (Å²) in [6.45, 7) is 4.04. The molecule has 3 nitrogen and oxygen atoms in total. The standard InChI is InChI=1S/C5H13N3/c1-4(2)5(6)3-8-7/h3-5H,6-7H2,1-2H3/b8-3-. The van der Waals surface area contributed by atoms with Gasteiger partial charge in [0.05, 0.1) is 0 Å². The summed E-state index contributed by atoms with van der Waals surface area (Å²) < 4.78 is 0. The smallest absolute Gasteiger partial charge is 0.0440 e. The summed E-state index contributed by atoms with van der Waals surface area (Å²) in [5.41, 5.74) is 5.50. The fourth-order valence-corrected chi connectivity index (χ4v) is 0.272. The summed E-state index contributed by atoms with van der Waals surface area (Å²) in [5, 5.41) is 3.31. The molecule has 3 heteroatoms. The lowest BCUT2D eigenvalue weighted by Crippen LogP contribution is -2.28. The van der Waals surface area contributed by atoms with Gasteiger partial charge in [0.25, 0.3) is 0 Å². The molecule has 0 heterocycles. The number of rotatable bonds is 2. The average molecular weight is 115 g/mol. The zero-order chi connectivity index (χ0) is 6.57. The Bertz CT molecular complexity index is 77.7. The molecule has 4 N–H and O–H groups in total. The molecule has 0 aromatic heterocycles. The predicted octanol–water partition coefficient (Wildman–Crippen LogP) is -0.0858. The van der Waals surface area contributed by atoms with Gasteiger partial charge in [0.15, 0.2) is 0 Å². The van der Waals surface area contributed by atoms with E-state index in [0.717, 1.165) is 0 Å². The molecule has 0 amide bonds. The molecular weight excluding hydrogens is 102 g/mol. The van der Waals surface area contributed by atoms with E-state index in [4.69, 9.17) is 11.6 Å². The molecule has 0 aliphatic carbocycles. The van der Waals surface area contributed by atoms with Crippen molar-refractivity contribution in [1.29, 1.82) is 0 Å². The molecule has 0 saturated carbocycles. The van der Waals surface area contributed by atoms with Crippen LogP contribution in [0, 0.1) is 5.92 Å². The molecule has 0 aromatic rings. The van der Waals surface area contributed by atoms with E-state index >= 15 is 0 Å². The monoisotopic (exact) mass is 115 g/mol. The van der Waals surface area contributed by atoms with Crippen LogP contribution in [0.15, 0.2) is 5.10 Å². The van der Waals surface area contributed by atoms with Crippen LogP contribution in [-0.4, -0.2) is 12.3 Å². The van der Waals surface area contributed by atoms with Crippen LogP contribution in [0.3, 0.4) is 0 Å². The highest BCUT2D eigenvalue weighted by Crippen LogP contribution is 1.93. The Morgan fingerprint density at radius 3 is 2.12 bits per heavy atom. The number of hydrazone groups is 1. The first-order chi connectivity index (χ1) is 3.68. The largest absolute Gasteiger partial charge is 0.324 e. The van der Waals surface area contributed by atoms with Gasteiger partial charge in [0, 0.05) is 12.3 Å². The summed E-state index contributed by atoms with van der Waals surface area (Å²) in [6.07, 6.45) is 1.55. The van der Waals surface area contributed by atoms with E-state index in [1.165, 1.54) is 0 Å². The van der Waals surface area contributed by atoms with Crippen LogP contribution >= 0.6 is 0 Å². The van der Waals surface area contributed by atoms with Gasteiger partial charge in [-0.15, -0.1) is 0 Å². The number of nitrogens with two attached hydrogens (primary N) is 2. The van der Waals surface area contributed by atoms with Gasteiger partial charge >= 0.3 is 0 Å². The van der Waals surface area contributed by atoms with E-state index in [1.54, 1.807) is 6.21 Å².